The van der Waals surface area contributed by atoms with Gasteiger partial charge in [0.1, 0.15) is 12.4 Å². The SMILES string of the molecule is O=C(NCc1nncn1C1CC1)C1CCCN1C(=O)c1cc(Cl)cc(Cl)c1. The minimum absolute atomic E-state index is 0.181. The molecule has 4 rings (SSSR count). The Kier molecular flexibility index (Phi) is 5.06. The second-order valence-corrected chi connectivity index (χ2v) is 7.79. The molecule has 9 heteroatoms. The van der Waals surface area contributed by atoms with Gasteiger partial charge in [-0.3, -0.25) is 9.59 Å². The maximum atomic E-state index is 12.9. The number of nitrogens with one attached hydrogen (secondary N) is 1. The number of nitrogens with zero attached hydrogens (tertiary/aromatic N) is 4. The standard InChI is InChI=1S/C18H19Cl2N5O2/c19-12-6-11(7-13(20)8-12)18(27)24-5-1-2-15(24)17(26)21-9-16-23-22-10-25(16)14-3-4-14/h6-8,10,14-15H,1-5,9H2,(H,21,26). The van der Waals surface area contributed by atoms with Crippen LogP contribution in [-0.2, 0) is 11.3 Å². The third-order valence-corrected chi connectivity index (χ3v) is 5.37. The van der Waals surface area contributed by atoms with E-state index in [2.05, 4.69) is 15.5 Å². The summed E-state index contributed by atoms with van der Waals surface area (Å²) in [5.74, 6) is 0.320. The van der Waals surface area contributed by atoms with Crippen molar-refractivity contribution in [3.05, 3.63) is 46.0 Å². The van der Waals surface area contributed by atoms with Gasteiger partial charge in [-0.25, -0.2) is 0 Å². The lowest BCUT2D eigenvalue weighted by Crippen LogP contribution is -2.46. The molecule has 2 amide bonds. The fraction of sp³-hybridized carbons (Fsp3) is 0.444. The summed E-state index contributed by atoms with van der Waals surface area (Å²) in [5, 5.41) is 11.7. The lowest BCUT2D eigenvalue weighted by atomic mass is 10.1. The highest BCUT2D eigenvalue weighted by Crippen LogP contribution is 2.35. The number of amides is 2. The van der Waals surface area contributed by atoms with Gasteiger partial charge in [-0.05, 0) is 43.9 Å². The van der Waals surface area contributed by atoms with Crippen molar-refractivity contribution in [2.24, 2.45) is 0 Å². The Morgan fingerprint density at radius 1 is 1.15 bits per heavy atom. The maximum absolute atomic E-state index is 12.9. The first-order valence-corrected chi connectivity index (χ1v) is 9.71. The highest BCUT2D eigenvalue weighted by molar-refractivity contribution is 6.35. The first-order valence-electron chi connectivity index (χ1n) is 8.96. The Balaban J connectivity index is 1.43. The van der Waals surface area contributed by atoms with Gasteiger partial charge in [-0.2, -0.15) is 0 Å². The van der Waals surface area contributed by atoms with Gasteiger partial charge >= 0.3 is 0 Å². The molecule has 2 fully saturated rings. The number of rotatable bonds is 5. The van der Waals surface area contributed by atoms with Gasteiger partial charge in [0.25, 0.3) is 5.91 Å². The zero-order valence-corrected chi connectivity index (χ0v) is 16.1. The quantitative estimate of drug-likeness (QED) is 0.825. The number of hydrogen-bond donors (Lipinski definition) is 1. The van der Waals surface area contributed by atoms with E-state index in [-0.39, 0.29) is 11.8 Å². The highest BCUT2D eigenvalue weighted by Gasteiger charge is 2.35. The van der Waals surface area contributed by atoms with Crippen LogP contribution in [0.4, 0.5) is 0 Å². The average molecular weight is 408 g/mol. The summed E-state index contributed by atoms with van der Waals surface area (Å²) < 4.78 is 2.01. The van der Waals surface area contributed by atoms with Crippen molar-refractivity contribution >= 4 is 35.0 Å². The zero-order chi connectivity index (χ0) is 19.0. The molecule has 1 saturated carbocycles. The average Bonchev–Trinajstić information content (AvgIpc) is 3.17. The van der Waals surface area contributed by atoms with Crippen molar-refractivity contribution in [1.82, 2.24) is 25.0 Å². The van der Waals surface area contributed by atoms with Gasteiger partial charge in [-0.15, -0.1) is 10.2 Å². The molecule has 142 valence electrons. The molecule has 1 N–H and O–H groups in total. The smallest absolute Gasteiger partial charge is 0.254 e. The van der Waals surface area contributed by atoms with Crippen molar-refractivity contribution in [3.63, 3.8) is 0 Å². The number of likely N-dealkylation sites (tertiary alicyclic amines) is 1. The molecule has 1 aliphatic carbocycles. The topological polar surface area (TPSA) is 80.1 Å². The minimum atomic E-state index is -0.507. The minimum Gasteiger partial charge on any atom is -0.347 e. The molecule has 1 aromatic heterocycles. The predicted molar refractivity (Wildman–Crippen MR) is 101 cm³/mol. The van der Waals surface area contributed by atoms with E-state index >= 15 is 0 Å². The number of aromatic nitrogens is 3. The van der Waals surface area contributed by atoms with Gasteiger partial charge in [0.2, 0.25) is 5.91 Å². The van der Waals surface area contributed by atoms with Crippen LogP contribution in [0.25, 0.3) is 0 Å². The number of carbonyl (C=O) groups excluding carboxylic acids is 2. The van der Waals surface area contributed by atoms with Crippen molar-refractivity contribution in [2.45, 2.75) is 44.3 Å². The van der Waals surface area contributed by atoms with Crippen LogP contribution in [0.3, 0.4) is 0 Å². The number of carbonyl (C=O) groups is 2. The number of hydrogen-bond acceptors (Lipinski definition) is 4. The molecule has 1 atom stereocenters. The van der Waals surface area contributed by atoms with Crippen molar-refractivity contribution < 1.29 is 9.59 Å². The zero-order valence-electron chi connectivity index (χ0n) is 14.6. The molecule has 7 nitrogen and oxygen atoms in total. The summed E-state index contributed by atoms with van der Waals surface area (Å²) in [5.41, 5.74) is 0.390. The van der Waals surface area contributed by atoms with Crippen LogP contribution < -0.4 is 5.32 Å². The fourth-order valence-electron chi connectivity index (χ4n) is 3.46. The third-order valence-electron chi connectivity index (χ3n) is 4.93. The predicted octanol–water partition coefficient (Wildman–Crippen LogP) is 2.84. The summed E-state index contributed by atoms with van der Waals surface area (Å²) in [6, 6.07) is 4.66. The molecular weight excluding hydrogens is 389 g/mol. The highest BCUT2D eigenvalue weighted by atomic mass is 35.5. The first-order chi connectivity index (χ1) is 13.0. The first kappa shape index (κ1) is 18.3. The molecule has 0 radical (unpaired) electrons. The molecular formula is C18H19Cl2N5O2. The van der Waals surface area contributed by atoms with Crippen molar-refractivity contribution in [1.29, 1.82) is 0 Å². The molecule has 0 spiro atoms. The van der Waals surface area contributed by atoms with Crippen LogP contribution >= 0.6 is 23.2 Å². The van der Waals surface area contributed by atoms with Crippen LogP contribution in [0.5, 0.6) is 0 Å². The Morgan fingerprint density at radius 3 is 2.59 bits per heavy atom. The van der Waals surface area contributed by atoms with E-state index in [9.17, 15) is 9.59 Å². The molecule has 27 heavy (non-hydrogen) atoms. The monoisotopic (exact) mass is 407 g/mol. The lowest BCUT2D eigenvalue weighted by molar-refractivity contribution is -0.125. The van der Waals surface area contributed by atoms with E-state index in [1.54, 1.807) is 29.4 Å². The number of benzene rings is 1. The van der Waals surface area contributed by atoms with Gasteiger partial charge in [-0.1, -0.05) is 23.2 Å². The Morgan fingerprint density at radius 2 is 1.89 bits per heavy atom. The molecule has 2 aliphatic rings. The van der Waals surface area contributed by atoms with Crippen LogP contribution in [0.15, 0.2) is 24.5 Å². The Labute approximate surface area is 166 Å². The summed E-state index contributed by atoms with van der Waals surface area (Å²) in [6.45, 7) is 0.830. The molecule has 1 saturated heterocycles. The van der Waals surface area contributed by atoms with Crippen molar-refractivity contribution in [3.8, 4) is 0 Å². The Hall–Kier alpha value is -2.12. The van der Waals surface area contributed by atoms with Crippen LogP contribution in [-0.4, -0.2) is 44.1 Å². The largest absolute Gasteiger partial charge is 0.347 e. The van der Waals surface area contributed by atoms with Crippen molar-refractivity contribution in [2.75, 3.05) is 6.54 Å². The second kappa shape index (κ2) is 7.48. The van der Waals surface area contributed by atoms with E-state index in [0.717, 1.165) is 25.1 Å². The second-order valence-electron chi connectivity index (χ2n) is 6.92. The molecule has 1 aromatic carbocycles. The van der Waals surface area contributed by atoms with E-state index in [0.29, 0.717) is 41.2 Å². The van der Waals surface area contributed by atoms with Crippen LogP contribution in [0, 0.1) is 0 Å². The van der Waals surface area contributed by atoms with Crippen LogP contribution in [0.1, 0.15) is 47.9 Å². The maximum Gasteiger partial charge on any atom is 0.254 e. The Bertz CT molecular complexity index is 860. The van der Waals surface area contributed by atoms with Crippen LogP contribution in [0.2, 0.25) is 10.0 Å². The van der Waals surface area contributed by atoms with Gasteiger partial charge in [0.15, 0.2) is 5.82 Å². The van der Waals surface area contributed by atoms with E-state index in [4.69, 9.17) is 23.2 Å². The van der Waals surface area contributed by atoms with Gasteiger partial charge in [0, 0.05) is 28.2 Å². The van der Waals surface area contributed by atoms with Gasteiger partial charge < -0.3 is 14.8 Å². The number of halogens is 2. The summed E-state index contributed by atoms with van der Waals surface area (Å²) in [4.78, 5) is 27.1. The summed E-state index contributed by atoms with van der Waals surface area (Å²) in [6.07, 6.45) is 5.34. The van der Waals surface area contributed by atoms with E-state index in [1.807, 2.05) is 4.57 Å². The van der Waals surface area contributed by atoms with E-state index in [1.165, 1.54) is 0 Å². The molecule has 2 heterocycles. The van der Waals surface area contributed by atoms with Gasteiger partial charge in [0.05, 0.1) is 6.54 Å². The molecule has 0 bridgehead atoms. The lowest BCUT2D eigenvalue weighted by Gasteiger charge is -2.24. The summed E-state index contributed by atoms with van der Waals surface area (Å²) in [7, 11) is 0. The summed E-state index contributed by atoms with van der Waals surface area (Å²) >= 11 is 12.0. The normalized spacial score (nSPS) is 19.3. The third kappa shape index (κ3) is 3.94. The molecule has 1 unspecified atom stereocenters. The van der Waals surface area contributed by atoms with E-state index < -0.39 is 6.04 Å². The fourth-order valence-corrected chi connectivity index (χ4v) is 3.99. The molecule has 2 aromatic rings. The molecule has 1 aliphatic heterocycles.